The molecular weight excluding hydrogens is 454 g/mol. The van der Waals surface area contributed by atoms with Crippen LogP contribution in [-0.4, -0.2) is 62.7 Å². The van der Waals surface area contributed by atoms with Crippen molar-refractivity contribution in [1.29, 1.82) is 0 Å². The van der Waals surface area contributed by atoms with Crippen molar-refractivity contribution in [3.05, 3.63) is 44.9 Å². The predicted molar refractivity (Wildman–Crippen MR) is 103 cm³/mol. The van der Waals surface area contributed by atoms with Crippen molar-refractivity contribution in [2.75, 3.05) is 46.0 Å². The first-order valence-electron chi connectivity index (χ1n) is 8.43. The SMILES string of the molecule is CCOC(=O)C(=CNCCN1CCOCC1)C(=O)c1cc(I)ccc1F. The molecule has 26 heavy (non-hydrogen) atoms. The fourth-order valence-electron chi connectivity index (χ4n) is 2.46. The lowest BCUT2D eigenvalue weighted by Gasteiger charge is -2.26. The normalized spacial score (nSPS) is 15.6. The number of hydrogen-bond donors (Lipinski definition) is 1. The number of ketones is 1. The number of halogens is 2. The highest BCUT2D eigenvalue weighted by atomic mass is 127. The number of nitrogens with one attached hydrogen (secondary N) is 1. The molecule has 1 fully saturated rings. The fraction of sp³-hybridized carbons (Fsp3) is 0.444. The van der Waals surface area contributed by atoms with Crippen LogP contribution in [0.2, 0.25) is 0 Å². The molecule has 1 aliphatic rings. The molecule has 0 spiro atoms. The summed E-state index contributed by atoms with van der Waals surface area (Å²) in [6, 6.07) is 4.18. The van der Waals surface area contributed by atoms with Gasteiger partial charge in [-0.1, -0.05) is 0 Å². The van der Waals surface area contributed by atoms with E-state index < -0.39 is 17.6 Å². The minimum absolute atomic E-state index is 0.131. The van der Waals surface area contributed by atoms with Gasteiger partial charge in [0.25, 0.3) is 0 Å². The van der Waals surface area contributed by atoms with Crippen LogP contribution in [0.25, 0.3) is 0 Å². The van der Waals surface area contributed by atoms with E-state index in [-0.39, 0.29) is 17.7 Å². The van der Waals surface area contributed by atoms with Crippen molar-refractivity contribution >= 4 is 34.3 Å². The molecule has 0 bridgehead atoms. The van der Waals surface area contributed by atoms with Crippen LogP contribution in [0, 0.1) is 9.39 Å². The zero-order chi connectivity index (χ0) is 18.9. The second-order valence-corrected chi connectivity index (χ2v) is 6.89. The van der Waals surface area contributed by atoms with Gasteiger partial charge in [0.15, 0.2) is 0 Å². The second kappa shape index (κ2) is 10.6. The molecule has 0 amide bonds. The van der Waals surface area contributed by atoms with Crippen molar-refractivity contribution < 1.29 is 23.5 Å². The molecule has 0 radical (unpaired) electrons. The van der Waals surface area contributed by atoms with Crippen LogP contribution in [-0.2, 0) is 14.3 Å². The molecular formula is C18H22FIN2O4. The van der Waals surface area contributed by atoms with Gasteiger partial charge in [-0.15, -0.1) is 0 Å². The van der Waals surface area contributed by atoms with E-state index in [1.807, 2.05) is 22.6 Å². The largest absolute Gasteiger partial charge is 0.462 e. The molecule has 0 atom stereocenters. The number of ether oxygens (including phenoxy) is 2. The van der Waals surface area contributed by atoms with Gasteiger partial charge in [-0.25, -0.2) is 9.18 Å². The number of esters is 1. The van der Waals surface area contributed by atoms with Crippen molar-refractivity contribution in [3.8, 4) is 0 Å². The highest BCUT2D eigenvalue weighted by molar-refractivity contribution is 14.1. The molecule has 0 aromatic heterocycles. The average molecular weight is 476 g/mol. The van der Waals surface area contributed by atoms with Crippen molar-refractivity contribution in [1.82, 2.24) is 10.2 Å². The summed E-state index contributed by atoms with van der Waals surface area (Å²) in [5, 5.41) is 2.97. The molecule has 8 heteroatoms. The number of Topliss-reactive ketones (excluding diaryl/α,β-unsaturated/α-hetero) is 1. The third-order valence-electron chi connectivity index (χ3n) is 3.84. The zero-order valence-corrected chi connectivity index (χ0v) is 16.8. The minimum atomic E-state index is -0.769. The Balaban J connectivity index is 2.07. The summed E-state index contributed by atoms with van der Waals surface area (Å²) >= 11 is 1.99. The van der Waals surface area contributed by atoms with Crippen LogP contribution in [0.15, 0.2) is 30.0 Å². The van der Waals surface area contributed by atoms with Gasteiger partial charge in [-0.2, -0.15) is 0 Å². The van der Waals surface area contributed by atoms with Gasteiger partial charge in [-0.05, 0) is 47.7 Å². The quantitative estimate of drug-likeness (QED) is 0.118. The molecule has 1 saturated heterocycles. The molecule has 142 valence electrons. The predicted octanol–water partition coefficient (Wildman–Crippen LogP) is 1.98. The van der Waals surface area contributed by atoms with Gasteiger partial charge >= 0.3 is 5.97 Å². The lowest BCUT2D eigenvalue weighted by atomic mass is 10.0. The van der Waals surface area contributed by atoms with Gasteiger partial charge in [0.2, 0.25) is 5.78 Å². The van der Waals surface area contributed by atoms with E-state index in [9.17, 15) is 14.0 Å². The van der Waals surface area contributed by atoms with Crippen LogP contribution >= 0.6 is 22.6 Å². The van der Waals surface area contributed by atoms with Crippen molar-refractivity contribution in [3.63, 3.8) is 0 Å². The highest BCUT2D eigenvalue weighted by Gasteiger charge is 2.24. The Bertz CT molecular complexity index is 675. The molecule has 0 aliphatic carbocycles. The Morgan fingerprint density at radius 2 is 2.12 bits per heavy atom. The number of hydrogen-bond acceptors (Lipinski definition) is 6. The first kappa shape index (κ1) is 20.8. The summed E-state index contributed by atoms with van der Waals surface area (Å²) in [5.74, 6) is -2.13. The van der Waals surface area contributed by atoms with E-state index in [4.69, 9.17) is 9.47 Å². The number of nitrogens with zero attached hydrogens (tertiary/aromatic N) is 1. The topological polar surface area (TPSA) is 67.9 Å². The lowest BCUT2D eigenvalue weighted by molar-refractivity contribution is -0.138. The molecule has 1 heterocycles. The Hall–Kier alpha value is -1.52. The summed E-state index contributed by atoms with van der Waals surface area (Å²) in [6.07, 6.45) is 1.32. The summed E-state index contributed by atoms with van der Waals surface area (Å²) in [5.41, 5.74) is -0.360. The van der Waals surface area contributed by atoms with Gasteiger partial charge < -0.3 is 14.8 Å². The fourth-order valence-corrected chi connectivity index (χ4v) is 2.96. The maximum Gasteiger partial charge on any atom is 0.343 e. The van der Waals surface area contributed by atoms with E-state index in [0.29, 0.717) is 23.3 Å². The molecule has 2 rings (SSSR count). The first-order chi connectivity index (χ1) is 12.5. The van der Waals surface area contributed by atoms with E-state index in [1.54, 1.807) is 13.0 Å². The Labute approximate surface area is 165 Å². The van der Waals surface area contributed by atoms with Crippen molar-refractivity contribution in [2.45, 2.75) is 6.92 Å². The summed E-state index contributed by atoms with van der Waals surface area (Å²) < 4.78 is 25.0. The maximum atomic E-state index is 14.0. The van der Waals surface area contributed by atoms with Crippen molar-refractivity contribution in [2.24, 2.45) is 0 Å². The van der Waals surface area contributed by atoms with Gasteiger partial charge in [0, 0.05) is 35.9 Å². The Morgan fingerprint density at radius 1 is 1.38 bits per heavy atom. The lowest BCUT2D eigenvalue weighted by Crippen LogP contribution is -2.39. The zero-order valence-electron chi connectivity index (χ0n) is 14.6. The molecule has 0 saturated carbocycles. The maximum absolute atomic E-state index is 14.0. The van der Waals surface area contributed by atoms with E-state index in [0.717, 1.165) is 19.6 Å². The molecule has 1 aromatic carbocycles. The Kier molecular flexibility index (Phi) is 8.46. The smallest absolute Gasteiger partial charge is 0.343 e. The molecule has 1 aromatic rings. The molecule has 1 N–H and O–H groups in total. The summed E-state index contributed by atoms with van der Waals surface area (Å²) in [7, 11) is 0. The number of rotatable bonds is 8. The van der Waals surface area contributed by atoms with Gasteiger partial charge in [0.1, 0.15) is 11.4 Å². The standard InChI is InChI=1S/C18H22FIN2O4/c1-2-26-18(24)15(12-21-5-6-22-7-9-25-10-8-22)17(23)14-11-13(20)3-4-16(14)19/h3-4,11-12,21H,2,5-10H2,1H3. The van der Waals surface area contributed by atoms with Gasteiger partial charge in [0.05, 0.1) is 25.4 Å². The highest BCUT2D eigenvalue weighted by Crippen LogP contribution is 2.17. The van der Waals surface area contributed by atoms with Crippen LogP contribution in [0.4, 0.5) is 4.39 Å². The van der Waals surface area contributed by atoms with Crippen LogP contribution in [0.3, 0.4) is 0 Å². The Morgan fingerprint density at radius 3 is 2.81 bits per heavy atom. The third-order valence-corrected chi connectivity index (χ3v) is 4.51. The molecule has 0 unspecified atom stereocenters. The monoisotopic (exact) mass is 476 g/mol. The second-order valence-electron chi connectivity index (χ2n) is 5.64. The first-order valence-corrected chi connectivity index (χ1v) is 9.51. The number of carbonyl (C=O) groups is 2. The molecule has 6 nitrogen and oxygen atoms in total. The summed E-state index contributed by atoms with van der Waals surface area (Å²) in [4.78, 5) is 27.0. The van der Waals surface area contributed by atoms with Gasteiger partial charge in [-0.3, -0.25) is 9.69 Å². The van der Waals surface area contributed by atoms with Crippen LogP contribution in [0.5, 0.6) is 0 Å². The van der Waals surface area contributed by atoms with Crippen LogP contribution in [0.1, 0.15) is 17.3 Å². The van der Waals surface area contributed by atoms with Crippen LogP contribution < -0.4 is 5.32 Å². The number of carbonyl (C=O) groups excluding carboxylic acids is 2. The number of morpholine rings is 1. The average Bonchev–Trinajstić information content (AvgIpc) is 2.64. The van der Waals surface area contributed by atoms with E-state index >= 15 is 0 Å². The third kappa shape index (κ3) is 6.03. The summed E-state index contributed by atoms with van der Waals surface area (Å²) in [6.45, 7) is 6.19. The van der Waals surface area contributed by atoms with E-state index in [2.05, 4.69) is 10.2 Å². The molecule has 1 aliphatic heterocycles. The number of benzene rings is 1. The van der Waals surface area contributed by atoms with E-state index in [1.165, 1.54) is 18.3 Å². The minimum Gasteiger partial charge on any atom is -0.462 e.